The summed E-state index contributed by atoms with van der Waals surface area (Å²) in [6, 6.07) is 3.49. The largest absolute Gasteiger partial charge is 0.487 e. The second kappa shape index (κ2) is 7.13. The third kappa shape index (κ3) is 3.71. The Balaban J connectivity index is 3.16. The molecule has 0 saturated carbocycles. The van der Waals surface area contributed by atoms with E-state index in [4.69, 9.17) is 9.84 Å². The van der Waals surface area contributed by atoms with Gasteiger partial charge in [0.25, 0.3) is 0 Å². The molecule has 0 bridgehead atoms. The molecule has 0 saturated heterocycles. The van der Waals surface area contributed by atoms with Gasteiger partial charge in [0.1, 0.15) is 11.7 Å². The fraction of sp³-hybridized carbons (Fsp3) is 0.308. The number of nitrogens with zero attached hydrogens (tertiary/aromatic N) is 1. The van der Waals surface area contributed by atoms with Crippen molar-refractivity contribution in [3.05, 3.63) is 41.0 Å². The van der Waals surface area contributed by atoms with Crippen molar-refractivity contribution in [2.24, 2.45) is 0 Å². The number of carboxylic acid groups (broad SMARTS) is 1. The number of ether oxygens (including phenoxy) is 1. The average Bonchev–Trinajstić information content (AvgIpc) is 2.38. The number of nitro groups is 1. The van der Waals surface area contributed by atoms with E-state index in [0.29, 0.717) is 0 Å². The maximum Gasteiger partial charge on any atom is 0.333 e. The summed E-state index contributed by atoms with van der Waals surface area (Å²) >= 11 is 0. The van der Waals surface area contributed by atoms with Crippen LogP contribution in [0.1, 0.15) is 13.3 Å². The standard InChI is InChI=1S/C13H16N2O5/c1-3-6-10(13(16)17)14-9-7-5-8-11(20-4-2)12(9)15(18)19/h3,5,7-8,10,14H,1,4,6H2,2H3,(H,16,17). The average molecular weight is 280 g/mol. The van der Waals surface area contributed by atoms with Crippen LogP contribution in [-0.2, 0) is 4.79 Å². The van der Waals surface area contributed by atoms with E-state index >= 15 is 0 Å². The zero-order valence-corrected chi connectivity index (χ0v) is 11.0. The summed E-state index contributed by atoms with van der Waals surface area (Å²) in [5, 5.41) is 22.8. The summed E-state index contributed by atoms with van der Waals surface area (Å²) in [6.45, 7) is 5.45. The number of hydrogen-bond acceptors (Lipinski definition) is 5. The molecule has 0 spiro atoms. The first kappa shape index (κ1) is 15.5. The van der Waals surface area contributed by atoms with Gasteiger partial charge < -0.3 is 15.2 Å². The highest BCUT2D eigenvalue weighted by Gasteiger charge is 2.24. The van der Waals surface area contributed by atoms with Gasteiger partial charge in [0.15, 0.2) is 5.75 Å². The summed E-state index contributed by atoms with van der Waals surface area (Å²) in [5.74, 6) is -1.01. The number of nitro benzene ring substituents is 1. The van der Waals surface area contributed by atoms with Crippen LogP contribution in [0.25, 0.3) is 0 Å². The maximum atomic E-state index is 11.1. The van der Waals surface area contributed by atoms with Crippen molar-refractivity contribution >= 4 is 17.3 Å². The van der Waals surface area contributed by atoms with Crippen LogP contribution < -0.4 is 10.1 Å². The lowest BCUT2D eigenvalue weighted by molar-refractivity contribution is -0.384. The van der Waals surface area contributed by atoms with Gasteiger partial charge in [-0.2, -0.15) is 0 Å². The monoisotopic (exact) mass is 280 g/mol. The van der Waals surface area contributed by atoms with Crippen LogP contribution in [-0.4, -0.2) is 28.6 Å². The van der Waals surface area contributed by atoms with Crippen molar-refractivity contribution in [1.29, 1.82) is 0 Å². The van der Waals surface area contributed by atoms with Crippen LogP contribution in [0.2, 0.25) is 0 Å². The van der Waals surface area contributed by atoms with Gasteiger partial charge in [-0.15, -0.1) is 6.58 Å². The minimum Gasteiger partial charge on any atom is -0.487 e. The van der Waals surface area contributed by atoms with Crippen LogP contribution in [0.15, 0.2) is 30.9 Å². The normalized spacial score (nSPS) is 11.4. The van der Waals surface area contributed by atoms with Gasteiger partial charge in [-0.1, -0.05) is 12.1 Å². The first-order valence-corrected chi connectivity index (χ1v) is 6.01. The molecular weight excluding hydrogens is 264 g/mol. The molecule has 7 heteroatoms. The molecule has 108 valence electrons. The van der Waals surface area contributed by atoms with E-state index in [2.05, 4.69) is 11.9 Å². The van der Waals surface area contributed by atoms with Crippen molar-refractivity contribution in [3.8, 4) is 5.75 Å². The smallest absolute Gasteiger partial charge is 0.333 e. The summed E-state index contributed by atoms with van der Waals surface area (Å²) in [7, 11) is 0. The van der Waals surface area contributed by atoms with E-state index in [1.54, 1.807) is 13.0 Å². The Bertz CT molecular complexity index is 515. The van der Waals surface area contributed by atoms with Gasteiger partial charge >= 0.3 is 11.7 Å². The highest BCUT2D eigenvalue weighted by Crippen LogP contribution is 2.35. The number of para-hydroxylation sites is 1. The van der Waals surface area contributed by atoms with E-state index in [9.17, 15) is 14.9 Å². The van der Waals surface area contributed by atoms with E-state index in [-0.39, 0.29) is 30.2 Å². The number of hydrogen-bond donors (Lipinski definition) is 2. The summed E-state index contributed by atoms with van der Waals surface area (Å²) < 4.78 is 5.19. The van der Waals surface area contributed by atoms with Crippen molar-refractivity contribution in [2.45, 2.75) is 19.4 Å². The van der Waals surface area contributed by atoms with Crippen LogP contribution in [0.3, 0.4) is 0 Å². The van der Waals surface area contributed by atoms with Crippen molar-refractivity contribution in [1.82, 2.24) is 0 Å². The van der Waals surface area contributed by atoms with Crippen LogP contribution in [0.4, 0.5) is 11.4 Å². The Morgan fingerprint density at radius 1 is 1.65 bits per heavy atom. The summed E-state index contributed by atoms with van der Waals surface area (Å²) in [5.41, 5.74) is -0.167. The van der Waals surface area contributed by atoms with Crippen LogP contribution in [0, 0.1) is 10.1 Å². The molecule has 0 amide bonds. The number of nitrogens with one attached hydrogen (secondary N) is 1. The molecule has 0 heterocycles. The number of anilines is 1. The zero-order chi connectivity index (χ0) is 15.1. The number of carboxylic acids is 1. The fourth-order valence-electron chi connectivity index (χ4n) is 1.67. The topological polar surface area (TPSA) is 102 Å². The predicted octanol–water partition coefficient (Wildman–Crippen LogP) is 2.43. The van der Waals surface area contributed by atoms with Crippen LogP contribution in [0.5, 0.6) is 5.75 Å². The van der Waals surface area contributed by atoms with Crippen LogP contribution >= 0.6 is 0 Å². The molecule has 20 heavy (non-hydrogen) atoms. The first-order valence-electron chi connectivity index (χ1n) is 6.01. The maximum absolute atomic E-state index is 11.1. The van der Waals surface area contributed by atoms with Gasteiger partial charge in [-0.3, -0.25) is 10.1 Å². The molecule has 1 rings (SSSR count). The number of carbonyl (C=O) groups is 1. The molecule has 1 unspecified atom stereocenters. The Kier molecular flexibility index (Phi) is 5.52. The lowest BCUT2D eigenvalue weighted by Crippen LogP contribution is -2.28. The van der Waals surface area contributed by atoms with Crippen molar-refractivity contribution < 1.29 is 19.6 Å². The third-order valence-corrected chi connectivity index (χ3v) is 2.51. The van der Waals surface area contributed by atoms with E-state index in [1.165, 1.54) is 18.2 Å². The molecule has 0 aliphatic rings. The molecule has 1 aromatic rings. The van der Waals surface area contributed by atoms with Gasteiger partial charge in [0, 0.05) is 0 Å². The van der Waals surface area contributed by atoms with Gasteiger partial charge in [0.2, 0.25) is 0 Å². The van der Waals surface area contributed by atoms with Gasteiger partial charge in [-0.25, -0.2) is 4.79 Å². The molecule has 0 fully saturated rings. The van der Waals surface area contributed by atoms with Crippen molar-refractivity contribution in [2.75, 3.05) is 11.9 Å². The summed E-state index contributed by atoms with van der Waals surface area (Å²) in [4.78, 5) is 21.6. The Hall–Kier alpha value is -2.57. The first-order chi connectivity index (χ1) is 9.51. The van der Waals surface area contributed by atoms with Gasteiger partial charge in [-0.05, 0) is 25.5 Å². The Morgan fingerprint density at radius 3 is 2.85 bits per heavy atom. The highest BCUT2D eigenvalue weighted by molar-refractivity contribution is 5.80. The van der Waals surface area contributed by atoms with E-state index in [0.717, 1.165) is 0 Å². The molecule has 7 nitrogen and oxygen atoms in total. The molecule has 2 N–H and O–H groups in total. The molecule has 0 aliphatic carbocycles. The molecule has 1 aromatic carbocycles. The second-order valence-electron chi connectivity index (χ2n) is 3.90. The molecule has 0 aliphatic heterocycles. The SMILES string of the molecule is C=CCC(Nc1cccc(OCC)c1[N+](=O)[O-])C(=O)O. The van der Waals surface area contributed by atoms with Crippen molar-refractivity contribution in [3.63, 3.8) is 0 Å². The predicted molar refractivity (Wildman–Crippen MR) is 74.1 cm³/mol. The Labute approximate surface area is 116 Å². The lowest BCUT2D eigenvalue weighted by Gasteiger charge is -2.15. The number of rotatable bonds is 8. The van der Waals surface area contributed by atoms with E-state index < -0.39 is 16.9 Å². The highest BCUT2D eigenvalue weighted by atomic mass is 16.6. The van der Waals surface area contributed by atoms with Gasteiger partial charge in [0.05, 0.1) is 11.5 Å². The molecule has 1 atom stereocenters. The second-order valence-corrected chi connectivity index (χ2v) is 3.90. The third-order valence-electron chi connectivity index (χ3n) is 2.51. The molecule has 0 aromatic heterocycles. The number of benzene rings is 1. The minimum absolute atomic E-state index is 0.102. The molecule has 0 radical (unpaired) electrons. The summed E-state index contributed by atoms with van der Waals surface area (Å²) in [6.07, 6.45) is 1.58. The van der Waals surface area contributed by atoms with E-state index in [1.807, 2.05) is 0 Å². The quantitative estimate of drug-likeness (QED) is 0.431. The molecular formula is C13H16N2O5. The number of aliphatic carboxylic acids is 1. The Morgan fingerprint density at radius 2 is 2.35 bits per heavy atom. The zero-order valence-electron chi connectivity index (χ0n) is 11.0. The fourth-order valence-corrected chi connectivity index (χ4v) is 1.67. The lowest BCUT2D eigenvalue weighted by atomic mass is 10.1. The minimum atomic E-state index is -1.11.